The predicted molar refractivity (Wildman–Crippen MR) is 291 cm³/mol. The molecule has 4 N–H and O–H groups in total. The Morgan fingerprint density at radius 2 is 0.636 bits per heavy atom. The van der Waals surface area contributed by atoms with Crippen molar-refractivity contribution in [3.05, 3.63) is 0 Å². The molecule has 0 spiro atoms. The average Bonchev–Trinajstić information content (AvgIpc) is 3.17. The van der Waals surface area contributed by atoms with Crippen LogP contribution in [0.3, 0.4) is 0 Å². The van der Waals surface area contributed by atoms with Crippen molar-refractivity contribution in [3.8, 4) is 0 Å². The van der Waals surface area contributed by atoms with E-state index in [1.54, 1.807) is 0 Å². The van der Waals surface area contributed by atoms with Crippen LogP contribution >= 0.6 is 0 Å². The van der Waals surface area contributed by atoms with Gasteiger partial charge in [0.25, 0.3) is 9.05 Å². The monoisotopic (exact) mass is 1030 g/mol. The highest BCUT2D eigenvalue weighted by Crippen LogP contribution is 2.22. The maximum atomic E-state index is 10.9. The quantitative estimate of drug-likeness (QED) is 0.0262. The van der Waals surface area contributed by atoms with Gasteiger partial charge >= 0.3 is 5.91 Å². The highest BCUT2D eigenvalue weighted by Gasteiger charge is 2.47. The molecule has 0 aromatic rings. The average molecular weight is 1030 g/mol. The standard InChI is InChI=1S/C26H58N2O2.2C12H27N.2H2O3S2/c1-7-9-11-13-15-17-19-21-23-27(3,4)25-26(29,30)28(5,6)24-22-20-18-16-14-12-10-8-2;2*1-4-5-6-7-8-9-10-11-12-13(2)3;2*1-5(2,3)4/h29-30H,7-25H2,1-6H3;2*4-12H2,1-3H3;2*(H2,1,2,3,4)/q+2;;;;/p-2. The molecule has 0 aliphatic heterocycles. The number of hydrogen-bond donors (Lipinski definition) is 4. The van der Waals surface area contributed by atoms with Crippen LogP contribution < -0.4 is 0 Å². The summed E-state index contributed by atoms with van der Waals surface area (Å²) in [5.41, 5.74) is 0. The summed E-state index contributed by atoms with van der Waals surface area (Å²) in [5, 5.41) is 21.8. The molecule has 0 fully saturated rings. The molecule has 0 aromatic heterocycles. The molecule has 0 atom stereocenters. The van der Waals surface area contributed by atoms with Crippen LogP contribution in [0.25, 0.3) is 0 Å². The molecule has 0 rings (SSSR count). The normalized spacial score (nSPS) is 12.1. The van der Waals surface area contributed by atoms with E-state index in [-0.39, 0.29) is 4.48 Å². The maximum Gasteiger partial charge on any atom is 0.365 e. The first-order valence-electron chi connectivity index (χ1n) is 26.4. The Labute approximate surface area is 422 Å². The van der Waals surface area contributed by atoms with Crippen LogP contribution in [0.4, 0.5) is 0 Å². The second-order valence-corrected chi connectivity index (χ2v) is 24.6. The van der Waals surface area contributed by atoms with Gasteiger partial charge in [-0.2, -0.15) is 4.21 Å². The van der Waals surface area contributed by atoms with E-state index in [2.05, 4.69) is 102 Å². The second-order valence-electron chi connectivity index (χ2n) is 20.4. The Morgan fingerprint density at radius 1 is 0.439 bits per heavy atom. The van der Waals surface area contributed by atoms with Gasteiger partial charge in [-0.1, -0.05) is 195 Å². The van der Waals surface area contributed by atoms with E-state index in [9.17, 15) is 10.2 Å². The van der Waals surface area contributed by atoms with Crippen molar-refractivity contribution >= 4 is 40.5 Å². The summed E-state index contributed by atoms with van der Waals surface area (Å²) in [7, 11) is 8.66. The Balaban J connectivity index is -0.000000283. The molecule has 0 aromatic carbocycles. The Hall–Kier alpha value is 0.340. The minimum atomic E-state index is -4.33. The molecule has 0 radical (unpaired) electrons. The molecule has 406 valence electrons. The van der Waals surface area contributed by atoms with Crippen LogP contribution in [0, 0.1) is 0 Å². The summed E-state index contributed by atoms with van der Waals surface area (Å²) < 4.78 is 51.6. The van der Waals surface area contributed by atoms with E-state index in [0.29, 0.717) is 11.0 Å². The van der Waals surface area contributed by atoms with Gasteiger partial charge in [0.15, 0.2) is 6.54 Å². The topological polar surface area (TPSA) is 168 Å². The van der Waals surface area contributed by atoms with E-state index in [1.165, 1.54) is 212 Å². The van der Waals surface area contributed by atoms with Crippen molar-refractivity contribution in [1.82, 2.24) is 9.80 Å². The first-order valence-corrected chi connectivity index (χ1v) is 31.1. The van der Waals surface area contributed by atoms with E-state index in [4.69, 9.17) is 26.6 Å². The molecule has 0 amide bonds. The van der Waals surface area contributed by atoms with Crippen molar-refractivity contribution in [1.29, 1.82) is 0 Å². The molecule has 0 aliphatic rings. The molecule has 66 heavy (non-hydrogen) atoms. The van der Waals surface area contributed by atoms with Gasteiger partial charge in [-0.25, -0.2) is 0 Å². The van der Waals surface area contributed by atoms with Gasteiger partial charge in [-0.3, -0.25) is 17.8 Å². The first-order chi connectivity index (χ1) is 30.6. The SMILES string of the molecule is CCCCCCCCCCN(C)C.CCCCCCCCCCN(C)C.CCCCCCCCCC[N+](C)(C)CC(O)(O)[N+](C)(C)CCCCCCCCCC.O=S(O)(O)=S.O=S([O-])([O-])=S. The third-order valence-electron chi connectivity index (χ3n) is 11.7. The number of unbranched alkanes of at least 4 members (excludes halogenated alkanes) is 28. The van der Waals surface area contributed by atoms with Gasteiger partial charge in [0.1, 0.15) is 0 Å². The zero-order valence-electron chi connectivity index (χ0n) is 45.5. The molecular formula is C50H114N4O8S4. The van der Waals surface area contributed by atoms with Gasteiger partial charge in [0, 0.05) is 11.2 Å². The third kappa shape index (κ3) is 78.5. The number of nitrogens with zero attached hydrogens (tertiary/aromatic N) is 4. The van der Waals surface area contributed by atoms with Crippen molar-refractivity contribution in [3.63, 3.8) is 0 Å². The number of likely N-dealkylation sites (N-methyl/N-ethyl adjacent to an activating group) is 2. The zero-order chi connectivity index (χ0) is 51.8. The Kier molecular flexibility index (Phi) is 57.4. The second kappa shape index (κ2) is 50.3. The number of quaternary nitrogens is 2. The fourth-order valence-electron chi connectivity index (χ4n) is 7.46. The number of hydrogen-bond acceptors (Lipinski definition) is 10. The van der Waals surface area contributed by atoms with Crippen LogP contribution in [0.5, 0.6) is 0 Å². The Bertz CT molecular complexity index is 1120. The molecular weight excluding hydrogens is 913 g/mol. The van der Waals surface area contributed by atoms with Crippen molar-refractivity contribution in [2.24, 2.45) is 0 Å². The highest BCUT2D eigenvalue weighted by molar-refractivity contribution is 8.26. The van der Waals surface area contributed by atoms with Crippen LogP contribution in [-0.2, 0) is 40.5 Å². The van der Waals surface area contributed by atoms with Crippen LogP contribution in [0.15, 0.2) is 0 Å². The smallest absolute Gasteiger partial charge is 0.365 e. The zero-order valence-corrected chi connectivity index (χ0v) is 48.8. The van der Waals surface area contributed by atoms with Crippen molar-refractivity contribution < 1.29 is 45.8 Å². The molecule has 0 aliphatic carbocycles. The largest absolute Gasteiger partial charge is 0.780 e. The predicted octanol–water partition coefficient (Wildman–Crippen LogP) is 12.1. The van der Waals surface area contributed by atoms with E-state index >= 15 is 0 Å². The number of rotatable bonds is 39. The van der Waals surface area contributed by atoms with E-state index < -0.39 is 24.0 Å². The first kappa shape index (κ1) is 75.3. The van der Waals surface area contributed by atoms with E-state index in [0.717, 1.165) is 19.5 Å². The summed E-state index contributed by atoms with van der Waals surface area (Å²) in [4.78, 5) is 4.55. The summed E-state index contributed by atoms with van der Waals surface area (Å²) in [5.74, 6) is -1.68. The lowest BCUT2D eigenvalue weighted by atomic mass is 10.1. The van der Waals surface area contributed by atoms with Crippen molar-refractivity contribution in [2.45, 2.75) is 239 Å². The fraction of sp³-hybridized carbons (Fsp3) is 1.00. The molecule has 0 heterocycles. The maximum absolute atomic E-state index is 10.9. The van der Waals surface area contributed by atoms with Gasteiger partial charge in [0.05, 0.1) is 41.3 Å². The van der Waals surface area contributed by atoms with Crippen LogP contribution in [-0.4, -0.2) is 151 Å². The molecule has 16 heteroatoms. The summed E-state index contributed by atoms with van der Waals surface area (Å²) in [6.45, 7) is 13.8. The lowest BCUT2D eigenvalue weighted by Gasteiger charge is -2.44. The highest BCUT2D eigenvalue weighted by atomic mass is 32.9. The molecule has 0 bridgehead atoms. The van der Waals surface area contributed by atoms with Gasteiger partial charge in [0.2, 0.25) is 0 Å². The molecule has 12 nitrogen and oxygen atoms in total. The van der Waals surface area contributed by atoms with Gasteiger partial charge in [-0.15, -0.1) is 9.05 Å². The van der Waals surface area contributed by atoms with Crippen LogP contribution in [0.1, 0.15) is 233 Å². The van der Waals surface area contributed by atoms with E-state index in [1.807, 2.05) is 14.1 Å². The third-order valence-corrected chi connectivity index (χ3v) is 11.7. The molecule has 0 unspecified atom stereocenters. The molecule has 0 saturated carbocycles. The van der Waals surface area contributed by atoms with Crippen molar-refractivity contribution in [2.75, 3.05) is 89.1 Å². The summed E-state index contributed by atoms with van der Waals surface area (Å²) >= 11 is 6.71. The minimum absolute atomic E-state index is 0.266. The van der Waals surface area contributed by atoms with Crippen LogP contribution in [0.2, 0.25) is 0 Å². The van der Waals surface area contributed by atoms with Gasteiger partial charge in [-0.05, 0) is 91.0 Å². The summed E-state index contributed by atoms with van der Waals surface area (Å²) in [6.07, 6.45) is 43.5. The summed E-state index contributed by atoms with van der Waals surface area (Å²) in [6, 6.07) is 0. The number of aliphatic hydroxyl groups is 2. The lowest BCUT2D eigenvalue weighted by Crippen LogP contribution is -2.67. The molecule has 0 saturated heterocycles. The van der Waals surface area contributed by atoms with Gasteiger partial charge < -0.3 is 33.6 Å². The lowest BCUT2D eigenvalue weighted by molar-refractivity contribution is -1.03. The fourth-order valence-corrected chi connectivity index (χ4v) is 7.46. The Morgan fingerprint density at radius 3 is 0.864 bits per heavy atom. The minimum Gasteiger partial charge on any atom is -0.780 e.